The van der Waals surface area contributed by atoms with Gasteiger partial charge in [-0.05, 0) is 54.7 Å². The van der Waals surface area contributed by atoms with Gasteiger partial charge in [-0.25, -0.2) is 4.98 Å². The van der Waals surface area contributed by atoms with Crippen molar-refractivity contribution in [2.45, 2.75) is 30.6 Å². The zero-order valence-corrected chi connectivity index (χ0v) is 20.1. The lowest BCUT2D eigenvalue weighted by Gasteiger charge is -2.14. The lowest BCUT2D eigenvalue weighted by Crippen LogP contribution is -2.13. The first-order valence-corrected chi connectivity index (χ1v) is 12.4. The molecule has 5 rings (SSSR count). The van der Waals surface area contributed by atoms with Crippen LogP contribution in [0.15, 0.2) is 60.9 Å². The number of aryl methyl sites for hydroxylation is 1. The van der Waals surface area contributed by atoms with Crippen LogP contribution in [0.25, 0.3) is 11.1 Å². The van der Waals surface area contributed by atoms with E-state index in [1.54, 1.807) is 29.7 Å². The highest BCUT2D eigenvalue weighted by Gasteiger charge is 2.21. The first-order valence-electron chi connectivity index (χ1n) is 10.6. The zero-order valence-electron chi connectivity index (χ0n) is 17.7. The van der Waals surface area contributed by atoms with E-state index in [1.165, 1.54) is 4.88 Å². The summed E-state index contributed by atoms with van der Waals surface area (Å²) in [5.74, 6) is -0.155. The lowest BCUT2D eigenvalue weighted by atomic mass is 10.0. The molecule has 164 valence electrons. The molecular formula is C25H20BrN5OS. The number of nitrogens with zero attached hydrogens (tertiary/aromatic N) is 4. The second-order valence-corrected chi connectivity index (χ2v) is 10.4. The summed E-state index contributed by atoms with van der Waals surface area (Å²) in [6, 6.07) is 17.1. The van der Waals surface area contributed by atoms with E-state index in [1.807, 2.05) is 47.3 Å². The Morgan fingerprint density at radius 2 is 2.09 bits per heavy atom. The Balaban J connectivity index is 1.27. The number of fused-ring (bicyclic) bond motifs is 1. The highest BCUT2D eigenvalue weighted by Crippen LogP contribution is 2.32. The van der Waals surface area contributed by atoms with Gasteiger partial charge in [0.2, 0.25) is 0 Å². The zero-order chi connectivity index (χ0) is 22.8. The molecule has 0 aliphatic heterocycles. The third-order valence-corrected chi connectivity index (χ3v) is 7.43. The SMILES string of the molecule is N#Cc1ccc(-c2cnn(Cc3cccc(C(=O)Nc4nc5c(s4)CC(Br)CC5)c3)c2)cc1. The summed E-state index contributed by atoms with van der Waals surface area (Å²) in [5.41, 5.74) is 5.30. The summed E-state index contributed by atoms with van der Waals surface area (Å²) in [5, 5.41) is 17.0. The standard InChI is InChI=1S/C25H20BrN5OS/c26-21-8-9-22-23(11-21)33-25(29-22)30-24(32)19-3-1-2-17(10-19)14-31-15-20(13-28-31)18-6-4-16(12-27)5-7-18/h1-7,10,13,15,21H,8-9,11,14H2,(H,29,30,32). The number of amides is 1. The van der Waals surface area contributed by atoms with Crippen LogP contribution >= 0.6 is 27.3 Å². The Morgan fingerprint density at radius 1 is 1.24 bits per heavy atom. The van der Waals surface area contributed by atoms with Crippen molar-refractivity contribution in [2.75, 3.05) is 5.32 Å². The van der Waals surface area contributed by atoms with Crippen molar-refractivity contribution >= 4 is 38.3 Å². The second kappa shape index (κ2) is 9.30. The Morgan fingerprint density at radius 3 is 2.91 bits per heavy atom. The van der Waals surface area contributed by atoms with Gasteiger partial charge in [0.25, 0.3) is 5.91 Å². The highest BCUT2D eigenvalue weighted by molar-refractivity contribution is 9.09. The van der Waals surface area contributed by atoms with Gasteiger partial charge < -0.3 is 0 Å². The second-order valence-electron chi connectivity index (χ2n) is 8.00. The maximum Gasteiger partial charge on any atom is 0.257 e. The van der Waals surface area contributed by atoms with Crippen molar-refractivity contribution in [1.82, 2.24) is 14.8 Å². The van der Waals surface area contributed by atoms with Crippen molar-refractivity contribution in [3.05, 3.63) is 88.2 Å². The molecule has 1 aliphatic rings. The van der Waals surface area contributed by atoms with E-state index in [2.05, 4.69) is 37.4 Å². The fraction of sp³-hybridized carbons (Fsp3) is 0.200. The average Bonchev–Trinajstić information content (AvgIpc) is 3.45. The maximum absolute atomic E-state index is 12.8. The maximum atomic E-state index is 12.8. The van der Waals surface area contributed by atoms with E-state index in [4.69, 9.17) is 5.26 Å². The topological polar surface area (TPSA) is 83.6 Å². The van der Waals surface area contributed by atoms with Crippen molar-refractivity contribution < 1.29 is 4.79 Å². The molecule has 4 aromatic rings. The number of aromatic nitrogens is 3. The normalized spacial score (nSPS) is 15.0. The van der Waals surface area contributed by atoms with Crippen molar-refractivity contribution in [3.8, 4) is 17.2 Å². The van der Waals surface area contributed by atoms with E-state index in [9.17, 15) is 4.79 Å². The molecule has 8 heteroatoms. The van der Waals surface area contributed by atoms with Crippen LogP contribution < -0.4 is 5.32 Å². The predicted octanol–water partition coefficient (Wildman–Crippen LogP) is 5.43. The van der Waals surface area contributed by atoms with Crippen LogP contribution in [0.4, 0.5) is 5.13 Å². The monoisotopic (exact) mass is 517 g/mol. The summed E-state index contributed by atoms with van der Waals surface area (Å²) in [7, 11) is 0. The van der Waals surface area contributed by atoms with Crippen molar-refractivity contribution in [3.63, 3.8) is 0 Å². The fourth-order valence-corrected chi connectivity index (χ4v) is 5.74. The van der Waals surface area contributed by atoms with Crippen LogP contribution in [0.2, 0.25) is 0 Å². The van der Waals surface area contributed by atoms with Gasteiger partial charge in [-0.15, -0.1) is 11.3 Å². The molecule has 1 amide bonds. The number of nitrogens with one attached hydrogen (secondary N) is 1. The molecule has 2 aromatic heterocycles. The van der Waals surface area contributed by atoms with Crippen LogP contribution in [0.5, 0.6) is 0 Å². The van der Waals surface area contributed by atoms with Gasteiger partial charge in [0, 0.05) is 27.0 Å². The molecule has 2 heterocycles. The average molecular weight is 518 g/mol. The Kier molecular flexibility index (Phi) is 6.07. The Labute approximate surface area is 204 Å². The molecule has 1 N–H and O–H groups in total. The smallest absolute Gasteiger partial charge is 0.257 e. The van der Waals surface area contributed by atoms with Gasteiger partial charge in [-0.2, -0.15) is 10.4 Å². The molecule has 0 radical (unpaired) electrons. The number of halogens is 1. The lowest BCUT2D eigenvalue weighted by molar-refractivity contribution is 0.102. The third kappa shape index (κ3) is 4.90. The molecule has 0 saturated heterocycles. The van der Waals surface area contributed by atoms with Crippen molar-refractivity contribution in [2.24, 2.45) is 0 Å². The first kappa shape index (κ1) is 21.6. The van der Waals surface area contributed by atoms with Gasteiger partial charge in [-0.3, -0.25) is 14.8 Å². The molecule has 1 atom stereocenters. The summed E-state index contributed by atoms with van der Waals surface area (Å²) in [6.45, 7) is 0.551. The third-order valence-electron chi connectivity index (χ3n) is 5.61. The molecule has 33 heavy (non-hydrogen) atoms. The van der Waals surface area contributed by atoms with Gasteiger partial charge in [0.05, 0.1) is 30.1 Å². The van der Waals surface area contributed by atoms with E-state index < -0.39 is 0 Å². The number of alkyl halides is 1. The number of hydrogen-bond donors (Lipinski definition) is 1. The summed E-state index contributed by atoms with van der Waals surface area (Å²) in [4.78, 5) is 19.2. The molecule has 0 fully saturated rings. The summed E-state index contributed by atoms with van der Waals surface area (Å²) >= 11 is 5.25. The number of benzene rings is 2. The quantitative estimate of drug-likeness (QED) is 0.357. The summed E-state index contributed by atoms with van der Waals surface area (Å²) in [6.07, 6.45) is 6.76. The minimum Gasteiger partial charge on any atom is -0.298 e. The molecule has 0 bridgehead atoms. The van der Waals surface area contributed by atoms with Crippen LogP contribution in [-0.4, -0.2) is 25.5 Å². The molecule has 2 aromatic carbocycles. The highest BCUT2D eigenvalue weighted by atomic mass is 79.9. The number of nitriles is 1. The number of anilines is 1. The number of rotatable bonds is 5. The minimum atomic E-state index is -0.155. The Bertz CT molecular complexity index is 1350. The van der Waals surface area contributed by atoms with Crippen LogP contribution in [0.1, 0.15) is 38.5 Å². The van der Waals surface area contributed by atoms with E-state index in [0.29, 0.717) is 27.6 Å². The van der Waals surface area contributed by atoms with Gasteiger partial charge in [-0.1, -0.05) is 40.2 Å². The number of carbonyl (C=O) groups excluding carboxylic acids is 1. The number of hydrogen-bond acceptors (Lipinski definition) is 5. The minimum absolute atomic E-state index is 0.155. The molecular weight excluding hydrogens is 498 g/mol. The van der Waals surface area contributed by atoms with E-state index in [0.717, 1.165) is 41.6 Å². The first-order chi connectivity index (χ1) is 16.1. The predicted molar refractivity (Wildman–Crippen MR) is 133 cm³/mol. The van der Waals surface area contributed by atoms with Gasteiger partial charge in [0.15, 0.2) is 5.13 Å². The van der Waals surface area contributed by atoms with Crippen molar-refractivity contribution in [1.29, 1.82) is 5.26 Å². The molecule has 6 nitrogen and oxygen atoms in total. The van der Waals surface area contributed by atoms with E-state index >= 15 is 0 Å². The van der Waals surface area contributed by atoms with Crippen LogP contribution in [0.3, 0.4) is 0 Å². The van der Waals surface area contributed by atoms with Crippen LogP contribution in [0, 0.1) is 11.3 Å². The fourth-order valence-electron chi connectivity index (χ4n) is 3.89. The Hall–Kier alpha value is -3.28. The number of carbonyl (C=O) groups is 1. The van der Waals surface area contributed by atoms with Gasteiger partial charge >= 0.3 is 0 Å². The van der Waals surface area contributed by atoms with Gasteiger partial charge in [0.1, 0.15) is 0 Å². The largest absolute Gasteiger partial charge is 0.298 e. The van der Waals surface area contributed by atoms with Crippen LogP contribution in [-0.2, 0) is 19.4 Å². The van der Waals surface area contributed by atoms with E-state index in [-0.39, 0.29) is 5.91 Å². The number of thiazole rings is 1. The summed E-state index contributed by atoms with van der Waals surface area (Å²) < 4.78 is 1.84. The molecule has 1 unspecified atom stereocenters. The molecule has 0 spiro atoms. The molecule has 0 saturated carbocycles. The molecule has 1 aliphatic carbocycles.